The highest BCUT2D eigenvalue weighted by molar-refractivity contribution is 6.98. The molecular weight excluding hydrogens is 499 g/mol. The largest absolute Gasteiger partial charge is 0.458 e. The minimum atomic E-state index is -0.0240. The van der Waals surface area contributed by atoms with Gasteiger partial charge in [0.05, 0.1) is 0 Å². The molecule has 0 bridgehead atoms. The van der Waals surface area contributed by atoms with Crippen LogP contribution in [0.5, 0.6) is 23.0 Å². The quantitative estimate of drug-likeness (QED) is 0.217. The Morgan fingerprint density at radius 3 is 1.88 bits per heavy atom. The Labute approximate surface area is 240 Å². The fourth-order valence-electron chi connectivity index (χ4n) is 6.51. The number of rotatable bonds is 3. The molecule has 2 heterocycles. The van der Waals surface area contributed by atoms with Gasteiger partial charge in [-0.15, -0.1) is 0 Å². The van der Waals surface area contributed by atoms with Gasteiger partial charge in [-0.05, 0) is 76.4 Å². The number of ether oxygens (including phenoxy) is 2. The van der Waals surface area contributed by atoms with Gasteiger partial charge in [0.2, 0.25) is 0 Å². The van der Waals surface area contributed by atoms with E-state index < -0.39 is 0 Å². The first-order chi connectivity index (χ1) is 20.2. The monoisotopic (exact) mass is 526 g/mol. The molecule has 8 rings (SSSR count). The number of hydrogen-bond acceptors (Lipinski definition) is 2. The second-order valence-electron chi connectivity index (χ2n) is 11.0. The van der Waals surface area contributed by atoms with Crippen molar-refractivity contribution in [2.75, 3.05) is 0 Å². The Kier molecular flexibility index (Phi) is 5.40. The minimum Gasteiger partial charge on any atom is -0.458 e. The van der Waals surface area contributed by atoms with Crippen LogP contribution in [0.25, 0.3) is 33.4 Å². The van der Waals surface area contributed by atoms with E-state index in [1.807, 2.05) is 6.07 Å². The summed E-state index contributed by atoms with van der Waals surface area (Å²) >= 11 is 0. The van der Waals surface area contributed by atoms with E-state index in [1.54, 1.807) is 0 Å². The van der Waals surface area contributed by atoms with Crippen LogP contribution in [-0.4, -0.2) is 6.71 Å². The maximum atomic E-state index is 6.82. The van der Waals surface area contributed by atoms with Crippen molar-refractivity contribution in [3.63, 3.8) is 0 Å². The maximum absolute atomic E-state index is 6.82. The van der Waals surface area contributed by atoms with Gasteiger partial charge in [0.25, 0.3) is 6.71 Å². The van der Waals surface area contributed by atoms with Gasteiger partial charge in [0.15, 0.2) is 0 Å². The Hall–Kier alpha value is -5.02. The molecule has 41 heavy (non-hydrogen) atoms. The Morgan fingerprint density at radius 2 is 1.10 bits per heavy atom. The predicted molar refractivity (Wildman–Crippen MR) is 170 cm³/mol. The van der Waals surface area contributed by atoms with E-state index in [0.29, 0.717) is 0 Å². The van der Waals surface area contributed by atoms with Crippen LogP contribution in [0, 0.1) is 13.8 Å². The lowest BCUT2D eigenvalue weighted by molar-refractivity contribution is 0.466. The van der Waals surface area contributed by atoms with E-state index in [9.17, 15) is 0 Å². The standard InChI is InChI=1S/C38H27BO2/c1-24-11-6-8-15-28(24)27-19-21-34-33(23-27)39-32-18-10-17-31(29-16-9-7-12-25(29)2)37(32)41-35-22-20-30(38(40-34)36(35)39)26-13-4-3-5-14-26/h3-23H,1-2H3. The molecule has 2 aliphatic rings. The molecule has 0 aliphatic carbocycles. The maximum Gasteiger partial charge on any atom is 0.260 e. The molecule has 0 radical (unpaired) electrons. The fraction of sp³-hybridized carbons (Fsp3) is 0.0526. The number of benzene rings is 6. The van der Waals surface area contributed by atoms with Crippen molar-refractivity contribution in [1.29, 1.82) is 0 Å². The van der Waals surface area contributed by atoms with Crippen molar-refractivity contribution >= 4 is 23.1 Å². The Bertz CT molecular complexity index is 1970. The summed E-state index contributed by atoms with van der Waals surface area (Å²) < 4.78 is 13.6. The van der Waals surface area contributed by atoms with Crippen LogP contribution in [0.1, 0.15) is 11.1 Å². The fourth-order valence-corrected chi connectivity index (χ4v) is 6.51. The lowest BCUT2D eigenvalue weighted by Crippen LogP contribution is -2.57. The summed E-state index contributed by atoms with van der Waals surface area (Å²) in [6.45, 7) is 4.31. The zero-order valence-electron chi connectivity index (χ0n) is 23.0. The van der Waals surface area contributed by atoms with Crippen molar-refractivity contribution in [2.45, 2.75) is 13.8 Å². The average Bonchev–Trinajstić information content (AvgIpc) is 3.01. The van der Waals surface area contributed by atoms with Crippen LogP contribution in [0.3, 0.4) is 0 Å². The van der Waals surface area contributed by atoms with Crippen LogP contribution in [0.15, 0.2) is 127 Å². The minimum absolute atomic E-state index is 0.0240. The van der Waals surface area contributed by atoms with Gasteiger partial charge in [-0.3, -0.25) is 0 Å². The number of para-hydroxylation sites is 1. The summed E-state index contributed by atoms with van der Waals surface area (Å²) in [6, 6.07) is 45.0. The normalized spacial score (nSPS) is 12.5. The van der Waals surface area contributed by atoms with Crippen molar-refractivity contribution in [2.24, 2.45) is 0 Å². The number of aryl methyl sites for hydroxylation is 2. The molecular formula is C38H27BO2. The highest BCUT2D eigenvalue weighted by atomic mass is 16.5. The smallest absolute Gasteiger partial charge is 0.260 e. The third kappa shape index (κ3) is 3.73. The SMILES string of the molecule is Cc1ccccc1-c1ccc2c(c1)B1c3cccc(-c4ccccc4C)c3Oc3ccc(-c4ccccc4)c(c31)O2. The number of hydrogen-bond donors (Lipinski definition) is 0. The van der Waals surface area contributed by atoms with Gasteiger partial charge in [-0.25, -0.2) is 0 Å². The third-order valence-corrected chi connectivity index (χ3v) is 8.52. The summed E-state index contributed by atoms with van der Waals surface area (Å²) in [5.74, 6) is 3.54. The van der Waals surface area contributed by atoms with Gasteiger partial charge < -0.3 is 9.47 Å². The van der Waals surface area contributed by atoms with Crippen molar-refractivity contribution in [3.8, 4) is 56.4 Å². The number of fused-ring (bicyclic) bond motifs is 4. The second kappa shape index (κ2) is 9.28. The van der Waals surface area contributed by atoms with E-state index in [1.165, 1.54) is 27.8 Å². The summed E-state index contributed by atoms with van der Waals surface area (Å²) in [5.41, 5.74) is 12.8. The Balaban J connectivity index is 1.40. The van der Waals surface area contributed by atoms with Crippen molar-refractivity contribution < 1.29 is 9.47 Å². The molecule has 0 saturated carbocycles. The first-order valence-electron chi connectivity index (χ1n) is 14.1. The van der Waals surface area contributed by atoms with E-state index in [0.717, 1.165) is 56.1 Å². The lowest BCUT2D eigenvalue weighted by atomic mass is 9.34. The van der Waals surface area contributed by atoms with E-state index >= 15 is 0 Å². The summed E-state index contributed by atoms with van der Waals surface area (Å²) in [4.78, 5) is 0. The van der Waals surface area contributed by atoms with Crippen LogP contribution in [-0.2, 0) is 0 Å². The van der Waals surface area contributed by atoms with Crippen molar-refractivity contribution in [3.05, 3.63) is 139 Å². The first kappa shape index (κ1) is 23.8. The molecule has 2 nitrogen and oxygen atoms in total. The van der Waals surface area contributed by atoms with E-state index in [-0.39, 0.29) is 6.71 Å². The van der Waals surface area contributed by atoms with E-state index in [2.05, 4.69) is 135 Å². The highest BCUT2D eigenvalue weighted by Gasteiger charge is 2.42. The molecule has 6 aromatic rings. The second-order valence-corrected chi connectivity index (χ2v) is 11.0. The van der Waals surface area contributed by atoms with Gasteiger partial charge in [-0.1, -0.05) is 109 Å². The molecule has 0 aromatic heterocycles. The van der Waals surface area contributed by atoms with Crippen LogP contribution < -0.4 is 25.9 Å². The highest BCUT2D eigenvalue weighted by Crippen LogP contribution is 2.43. The Morgan fingerprint density at radius 1 is 0.439 bits per heavy atom. The van der Waals surface area contributed by atoms with Gasteiger partial charge in [-0.2, -0.15) is 0 Å². The van der Waals surface area contributed by atoms with E-state index in [4.69, 9.17) is 9.47 Å². The predicted octanol–water partition coefficient (Wildman–Crippen LogP) is 8.03. The van der Waals surface area contributed by atoms with Gasteiger partial charge in [0, 0.05) is 16.6 Å². The molecule has 0 N–H and O–H groups in total. The van der Waals surface area contributed by atoms with Crippen LogP contribution in [0.2, 0.25) is 0 Å². The summed E-state index contributed by atoms with van der Waals surface area (Å²) in [7, 11) is 0. The molecule has 0 unspecified atom stereocenters. The molecule has 0 fully saturated rings. The third-order valence-electron chi connectivity index (χ3n) is 8.52. The van der Waals surface area contributed by atoms with Gasteiger partial charge >= 0.3 is 0 Å². The molecule has 0 saturated heterocycles. The van der Waals surface area contributed by atoms with Crippen LogP contribution >= 0.6 is 0 Å². The molecule has 194 valence electrons. The molecule has 6 aromatic carbocycles. The molecule has 2 aliphatic heterocycles. The molecule has 3 heteroatoms. The van der Waals surface area contributed by atoms with Crippen LogP contribution in [0.4, 0.5) is 0 Å². The zero-order valence-corrected chi connectivity index (χ0v) is 23.0. The summed E-state index contributed by atoms with van der Waals surface area (Å²) in [6.07, 6.45) is 0. The van der Waals surface area contributed by atoms with Gasteiger partial charge in [0.1, 0.15) is 23.0 Å². The molecule has 0 atom stereocenters. The summed E-state index contributed by atoms with van der Waals surface area (Å²) in [5, 5.41) is 0. The van der Waals surface area contributed by atoms with Crippen molar-refractivity contribution in [1.82, 2.24) is 0 Å². The average molecular weight is 526 g/mol. The molecule has 0 amide bonds. The lowest BCUT2D eigenvalue weighted by Gasteiger charge is -2.35. The molecule has 0 spiro atoms. The topological polar surface area (TPSA) is 18.5 Å². The first-order valence-corrected chi connectivity index (χ1v) is 14.1. The zero-order chi connectivity index (χ0) is 27.5.